The average molecular weight is 379 g/mol. The van der Waals surface area contributed by atoms with E-state index in [1.54, 1.807) is 18.2 Å². The zero-order valence-corrected chi connectivity index (χ0v) is 14.3. The number of thiocarbonyl (C=S) groups is 1. The molecule has 110 valence electrons. The molecule has 0 saturated heterocycles. The minimum Gasteiger partial charge on any atom is -0.361 e. The number of amides is 1. The molecule has 1 rings (SSSR count). The Morgan fingerprint density at radius 3 is 2.80 bits per heavy atom. The van der Waals surface area contributed by atoms with Gasteiger partial charge in [-0.3, -0.25) is 15.6 Å². The van der Waals surface area contributed by atoms with Crippen molar-refractivity contribution in [2.45, 2.75) is 26.2 Å². The van der Waals surface area contributed by atoms with Crippen LogP contribution >= 0.6 is 39.7 Å². The van der Waals surface area contributed by atoms with E-state index in [1.165, 1.54) is 0 Å². The average Bonchev–Trinajstić information content (AvgIpc) is 2.43. The minimum atomic E-state index is -0.339. The monoisotopic (exact) mass is 377 g/mol. The summed E-state index contributed by atoms with van der Waals surface area (Å²) < 4.78 is 0.785. The van der Waals surface area contributed by atoms with Gasteiger partial charge in [-0.25, -0.2) is 0 Å². The normalized spacial score (nSPS) is 9.95. The van der Waals surface area contributed by atoms with E-state index in [9.17, 15) is 4.79 Å². The summed E-state index contributed by atoms with van der Waals surface area (Å²) in [7, 11) is 0. The number of carbonyl (C=O) groups excluding carboxylic acids is 1. The fraction of sp³-hybridized carbons (Fsp3) is 0.385. The van der Waals surface area contributed by atoms with Crippen molar-refractivity contribution in [3.8, 4) is 0 Å². The highest BCUT2D eigenvalue weighted by Crippen LogP contribution is 2.20. The van der Waals surface area contributed by atoms with Gasteiger partial charge in [0.25, 0.3) is 5.91 Å². The van der Waals surface area contributed by atoms with Crippen LogP contribution in [-0.2, 0) is 0 Å². The van der Waals surface area contributed by atoms with Crippen LogP contribution in [0.2, 0.25) is 5.02 Å². The van der Waals surface area contributed by atoms with Gasteiger partial charge in [0.2, 0.25) is 0 Å². The molecular weight excluding hydrogens is 362 g/mol. The molecule has 0 saturated carbocycles. The van der Waals surface area contributed by atoms with E-state index in [0.29, 0.717) is 15.7 Å². The van der Waals surface area contributed by atoms with Crippen molar-refractivity contribution >= 4 is 50.8 Å². The maximum Gasteiger partial charge on any atom is 0.271 e. The van der Waals surface area contributed by atoms with Crippen LogP contribution in [0, 0.1) is 0 Å². The summed E-state index contributed by atoms with van der Waals surface area (Å²) in [6.07, 6.45) is 3.35. The molecule has 1 aromatic carbocycles. The molecule has 0 unspecified atom stereocenters. The molecule has 4 nitrogen and oxygen atoms in total. The number of halogens is 2. The van der Waals surface area contributed by atoms with E-state index in [2.05, 4.69) is 39.0 Å². The largest absolute Gasteiger partial charge is 0.361 e. The Labute approximate surface area is 137 Å². The number of nitrogens with one attached hydrogen (secondary N) is 3. The van der Waals surface area contributed by atoms with Crippen LogP contribution in [0.25, 0.3) is 0 Å². The van der Waals surface area contributed by atoms with Crippen LogP contribution in [0.15, 0.2) is 22.7 Å². The maximum atomic E-state index is 11.9. The lowest BCUT2D eigenvalue weighted by Crippen LogP contribution is -2.47. The lowest BCUT2D eigenvalue weighted by molar-refractivity contribution is 0.0944. The van der Waals surface area contributed by atoms with Gasteiger partial charge < -0.3 is 5.32 Å². The molecule has 0 aliphatic rings. The molecule has 0 fully saturated rings. The summed E-state index contributed by atoms with van der Waals surface area (Å²) in [5, 5.41) is 3.79. The maximum absolute atomic E-state index is 11.9. The Kier molecular flexibility index (Phi) is 7.87. The second kappa shape index (κ2) is 9.15. The van der Waals surface area contributed by atoms with E-state index in [0.717, 1.165) is 30.3 Å². The van der Waals surface area contributed by atoms with Crippen LogP contribution in [0.4, 0.5) is 0 Å². The molecule has 0 atom stereocenters. The van der Waals surface area contributed by atoms with Crippen LogP contribution < -0.4 is 16.2 Å². The SMILES string of the molecule is CCCCCNC(=S)NNC(=O)c1cc(Br)ccc1Cl. The molecule has 0 bridgehead atoms. The number of carbonyl (C=O) groups is 1. The molecule has 0 spiro atoms. The third-order valence-corrected chi connectivity index (χ3v) is 3.60. The van der Waals surface area contributed by atoms with Crippen LogP contribution in [0.5, 0.6) is 0 Å². The topological polar surface area (TPSA) is 53.2 Å². The van der Waals surface area contributed by atoms with Crippen molar-refractivity contribution in [2.24, 2.45) is 0 Å². The Hall–Kier alpha value is -0.850. The third-order valence-electron chi connectivity index (χ3n) is 2.53. The fourth-order valence-corrected chi connectivity index (χ4v) is 2.19. The number of benzene rings is 1. The Morgan fingerprint density at radius 2 is 2.10 bits per heavy atom. The number of hydrogen-bond donors (Lipinski definition) is 3. The second-order valence-corrected chi connectivity index (χ2v) is 5.90. The Balaban J connectivity index is 2.39. The first-order valence-corrected chi connectivity index (χ1v) is 7.91. The quantitative estimate of drug-likeness (QED) is 0.417. The van der Waals surface area contributed by atoms with Gasteiger partial charge in [-0.05, 0) is 36.8 Å². The van der Waals surface area contributed by atoms with Gasteiger partial charge >= 0.3 is 0 Å². The summed E-state index contributed by atoms with van der Waals surface area (Å²) >= 11 is 14.3. The second-order valence-electron chi connectivity index (χ2n) is 4.17. The summed E-state index contributed by atoms with van der Waals surface area (Å²) in [6.45, 7) is 2.92. The van der Waals surface area contributed by atoms with E-state index < -0.39 is 0 Å². The fourth-order valence-electron chi connectivity index (χ4n) is 1.47. The van der Waals surface area contributed by atoms with E-state index in [-0.39, 0.29) is 5.91 Å². The summed E-state index contributed by atoms with van der Waals surface area (Å²) in [5.41, 5.74) is 5.54. The lowest BCUT2D eigenvalue weighted by Gasteiger charge is -2.12. The van der Waals surface area contributed by atoms with Gasteiger partial charge in [0.15, 0.2) is 5.11 Å². The van der Waals surface area contributed by atoms with Gasteiger partial charge in [-0.15, -0.1) is 0 Å². The Bertz CT molecular complexity index is 485. The molecular formula is C13H17BrClN3OS. The van der Waals surface area contributed by atoms with Crippen molar-refractivity contribution < 1.29 is 4.79 Å². The number of unbranched alkanes of at least 4 members (excludes halogenated alkanes) is 2. The number of hydrogen-bond acceptors (Lipinski definition) is 2. The van der Waals surface area contributed by atoms with Crippen molar-refractivity contribution in [1.29, 1.82) is 0 Å². The first-order valence-electron chi connectivity index (χ1n) is 6.33. The molecule has 7 heteroatoms. The molecule has 0 radical (unpaired) electrons. The first-order chi connectivity index (χ1) is 9.54. The van der Waals surface area contributed by atoms with Crippen LogP contribution in [-0.4, -0.2) is 17.6 Å². The predicted octanol–water partition coefficient (Wildman–Crippen LogP) is 3.40. The zero-order chi connectivity index (χ0) is 15.0. The lowest BCUT2D eigenvalue weighted by atomic mass is 10.2. The van der Waals surface area contributed by atoms with Gasteiger partial charge in [-0.1, -0.05) is 47.3 Å². The first kappa shape index (κ1) is 17.2. The molecule has 20 heavy (non-hydrogen) atoms. The van der Waals surface area contributed by atoms with Gasteiger partial charge in [0.05, 0.1) is 10.6 Å². The summed E-state index contributed by atoms with van der Waals surface area (Å²) in [5.74, 6) is -0.339. The number of hydrazine groups is 1. The molecule has 0 aliphatic heterocycles. The van der Waals surface area contributed by atoms with E-state index in [4.69, 9.17) is 23.8 Å². The van der Waals surface area contributed by atoms with Crippen molar-refractivity contribution in [3.63, 3.8) is 0 Å². The van der Waals surface area contributed by atoms with Crippen molar-refractivity contribution in [1.82, 2.24) is 16.2 Å². The molecule has 3 N–H and O–H groups in total. The van der Waals surface area contributed by atoms with E-state index >= 15 is 0 Å². The van der Waals surface area contributed by atoms with E-state index in [1.807, 2.05) is 0 Å². The summed E-state index contributed by atoms with van der Waals surface area (Å²) in [4.78, 5) is 11.9. The third kappa shape index (κ3) is 6.07. The highest BCUT2D eigenvalue weighted by atomic mass is 79.9. The smallest absolute Gasteiger partial charge is 0.271 e. The summed E-state index contributed by atoms with van der Waals surface area (Å²) in [6, 6.07) is 5.07. The minimum absolute atomic E-state index is 0.339. The van der Waals surface area contributed by atoms with Crippen molar-refractivity contribution in [3.05, 3.63) is 33.3 Å². The Morgan fingerprint density at radius 1 is 1.35 bits per heavy atom. The number of rotatable bonds is 5. The molecule has 1 aromatic rings. The van der Waals surface area contributed by atoms with Crippen molar-refractivity contribution in [2.75, 3.05) is 6.54 Å². The van der Waals surface area contributed by atoms with Crippen LogP contribution in [0.1, 0.15) is 36.5 Å². The van der Waals surface area contributed by atoms with Gasteiger partial charge in [-0.2, -0.15) is 0 Å². The highest BCUT2D eigenvalue weighted by molar-refractivity contribution is 9.10. The predicted molar refractivity (Wildman–Crippen MR) is 89.9 cm³/mol. The zero-order valence-electron chi connectivity index (χ0n) is 11.1. The molecule has 0 aliphatic carbocycles. The van der Waals surface area contributed by atoms with Crippen LogP contribution in [0.3, 0.4) is 0 Å². The molecule has 1 amide bonds. The highest BCUT2D eigenvalue weighted by Gasteiger charge is 2.10. The van der Waals surface area contributed by atoms with Gasteiger partial charge in [0, 0.05) is 11.0 Å². The van der Waals surface area contributed by atoms with Gasteiger partial charge in [0.1, 0.15) is 0 Å². The standard InChI is InChI=1S/C13H17BrClN3OS/c1-2-3-4-7-16-13(20)18-17-12(19)10-8-9(14)5-6-11(10)15/h5-6,8H,2-4,7H2,1H3,(H,17,19)(H2,16,18,20). The molecule has 0 heterocycles. The molecule has 0 aromatic heterocycles.